The number of nitrogens with one attached hydrogen (secondary N) is 3. The Balaban J connectivity index is 0.000000133. The highest BCUT2D eigenvalue weighted by molar-refractivity contribution is 5.37. The monoisotopic (exact) mass is 511 g/mol. The molecule has 3 aliphatic heterocycles. The first-order valence-electron chi connectivity index (χ1n) is 14.8. The van der Waals surface area contributed by atoms with Gasteiger partial charge in [-0.05, 0) is 93.8 Å². The molecule has 0 radical (unpaired) electrons. The third kappa shape index (κ3) is 7.56. The average molecular weight is 512 g/mol. The zero-order valence-corrected chi connectivity index (χ0v) is 24.6. The van der Waals surface area contributed by atoms with Gasteiger partial charge in [0.25, 0.3) is 0 Å². The summed E-state index contributed by atoms with van der Waals surface area (Å²) in [6.45, 7) is 19.9. The van der Waals surface area contributed by atoms with Gasteiger partial charge in [-0.25, -0.2) is 0 Å². The molecule has 3 nitrogen and oxygen atoms in total. The molecule has 0 aromatic heterocycles. The molecule has 3 heterocycles. The van der Waals surface area contributed by atoms with Crippen molar-refractivity contribution in [1.82, 2.24) is 16.0 Å². The van der Waals surface area contributed by atoms with Crippen LogP contribution in [0.5, 0.6) is 0 Å². The molecule has 0 unspecified atom stereocenters. The molecule has 3 heteroatoms. The van der Waals surface area contributed by atoms with Gasteiger partial charge >= 0.3 is 0 Å². The van der Waals surface area contributed by atoms with Gasteiger partial charge in [0.1, 0.15) is 0 Å². The summed E-state index contributed by atoms with van der Waals surface area (Å²) in [6.07, 6.45) is 2.38. The van der Waals surface area contributed by atoms with Gasteiger partial charge in [0.2, 0.25) is 0 Å². The molecule has 0 amide bonds. The van der Waals surface area contributed by atoms with E-state index in [9.17, 15) is 0 Å². The van der Waals surface area contributed by atoms with Gasteiger partial charge in [-0.1, -0.05) is 96.1 Å². The Morgan fingerprint density at radius 1 is 0.421 bits per heavy atom. The van der Waals surface area contributed by atoms with Crippen molar-refractivity contribution in [3.63, 3.8) is 0 Å². The second-order valence-corrected chi connectivity index (χ2v) is 12.0. The van der Waals surface area contributed by atoms with E-state index >= 15 is 0 Å². The topological polar surface area (TPSA) is 36.1 Å². The van der Waals surface area contributed by atoms with E-state index in [1.807, 2.05) is 0 Å². The Hall–Kier alpha value is -2.46. The molecular weight excluding hydrogens is 462 g/mol. The van der Waals surface area contributed by atoms with Gasteiger partial charge in [-0.15, -0.1) is 0 Å². The zero-order chi connectivity index (χ0) is 27.1. The van der Waals surface area contributed by atoms with Crippen LogP contribution in [0.4, 0.5) is 0 Å². The quantitative estimate of drug-likeness (QED) is 0.345. The fraction of sp³-hybridized carbons (Fsp3) is 0.486. The zero-order valence-electron chi connectivity index (χ0n) is 24.6. The predicted octanol–water partition coefficient (Wildman–Crippen LogP) is 7.32. The maximum Gasteiger partial charge on any atom is 0.0212 e. The smallest absolute Gasteiger partial charge is 0.0212 e. The average Bonchev–Trinajstić information content (AvgIpc) is 3.41. The van der Waals surface area contributed by atoms with Crippen molar-refractivity contribution >= 4 is 0 Å². The second-order valence-electron chi connectivity index (χ2n) is 12.0. The Morgan fingerprint density at radius 3 is 1.34 bits per heavy atom. The van der Waals surface area contributed by atoms with Crippen LogP contribution < -0.4 is 16.0 Å². The minimum atomic E-state index is 0.646. The summed E-state index contributed by atoms with van der Waals surface area (Å²) in [5, 5.41) is 10.2. The summed E-state index contributed by atoms with van der Waals surface area (Å²) < 4.78 is 0. The molecule has 0 bridgehead atoms. The molecule has 6 rings (SSSR count). The summed E-state index contributed by atoms with van der Waals surface area (Å²) >= 11 is 0. The van der Waals surface area contributed by atoms with Gasteiger partial charge in [-0.3, -0.25) is 0 Å². The van der Waals surface area contributed by atoms with Crippen LogP contribution in [0.1, 0.15) is 109 Å². The first-order valence-corrected chi connectivity index (χ1v) is 14.8. The predicted molar refractivity (Wildman–Crippen MR) is 163 cm³/mol. The largest absolute Gasteiger partial charge is 0.312 e. The Bertz CT molecular complexity index is 1130. The summed E-state index contributed by atoms with van der Waals surface area (Å²) in [5.41, 5.74) is 13.4. The minimum absolute atomic E-state index is 0.646. The van der Waals surface area contributed by atoms with Crippen molar-refractivity contribution in [3.05, 3.63) is 105 Å². The molecule has 3 N–H and O–H groups in total. The molecule has 3 aliphatic rings. The fourth-order valence-corrected chi connectivity index (χ4v) is 5.39. The van der Waals surface area contributed by atoms with E-state index in [-0.39, 0.29) is 0 Å². The van der Waals surface area contributed by atoms with Crippen molar-refractivity contribution in [3.8, 4) is 0 Å². The standard InChI is InChI=1S/2C12H17N.C11H15N/c1-9(2)10-3-4-12-8-13-6-5-11(12)7-10;1-9(2)11-4-3-10-5-6-13-8-12(10)7-11;1-8(2)9-3-4-10-6-12-7-11(10)5-9/h2*3-4,7,9,13H,5-6,8H2,1-2H3;3-5,8,12H,6-7H2,1-2H3. The summed E-state index contributed by atoms with van der Waals surface area (Å²) in [7, 11) is 0. The van der Waals surface area contributed by atoms with Crippen molar-refractivity contribution in [2.45, 2.75) is 98.3 Å². The Kier molecular flexibility index (Phi) is 10.2. The van der Waals surface area contributed by atoms with E-state index in [2.05, 4.69) is 112 Å². The number of hydrogen-bond donors (Lipinski definition) is 3. The molecule has 38 heavy (non-hydrogen) atoms. The first kappa shape index (κ1) is 28.5. The summed E-state index contributed by atoms with van der Waals surface area (Å²) in [5.74, 6) is 1.95. The van der Waals surface area contributed by atoms with Gasteiger partial charge in [-0.2, -0.15) is 0 Å². The van der Waals surface area contributed by atoms with Crippen LogP contribution in [0.2, 0.25) is 0 Å². The highest BCUT2D eigenvalue weighted by atomic mass is 14.9. The molecule has 0 aliphatic carbocycles. The van der Waals surface area contributed by atoms with E-state index in [4.69, 9.17) is 0 Å². The maximum absolute atomic E-state index is 3.41. The highest BCUT2D eigenvalue weighted by Crippen LogP contribution is 2.23. The van der Waals surface area contributed by atoms with Crippen molar-refractivity contribution in [2.24, 2.45) is 0 Å². The third-order valence-corrected chi connectivity index (χ3v) is 8.09. The van der Waals surface area contributed by atoms with Gasteiger partial charge < -0.3 is 16.0 Å². The molecule has 3 aromatic carbocycles. The van der Waals surface area contributed by atoms with Crippen molar-refractivity contribution < 1.29 is 0 Å². The normalized spacial score (nSPS) is 15.7. The third-order valence-electron chi connectivity index (χ3n) is 8.09. The van der Waals surface area contributed by atoms with Crippen LogP contribution in [-0.2, 0) is 39.0 Å². The SMILES string of the molecule is CC(C)c1ccc2c(c1)CCNC2.CC(C)c1ccc2c(c1)CNC2.CC(C)c1ccc2c(c1)CNCC2. The first-order chi connectivity index (χ1) is 18.3. The number of hydrogen-bond acceptors (Lipinski definition) is 3. The molecule has 0 saturated heterocycles. The molecule has 204 valence electrons. The maximum atomic E-state index is 3.41. The van der Waals surface area contributed by atoms with E-state index < -0.39 is 0 Å². The molecule has 0 saturated carbocycles. The van der Waals surface area contributed by atoms with Crippen LogP contribution in [0.15, 0.2) is 54.6 Å². The van der Waals surface area contributed by atoms with Crippen molar-refractivity contribution in [2.75, 3.05) is 13.1 Å². The lowest BCUT2D eigenvalue weighted by molar-refractivity contribution is 0.641. The van der Waals surface area contributed by atoms with Crippen LogP contribution >= 0.6 is 0 Å². The molecule has 3 aromatic rings. The van der Waals surface area contributed by atoms with Crippen LogP contribution in [0.3, 0.4) is 0 Å². The van der Waals surface area contributed by atoms with Gasteiger partial charge in [0, 0.05) is 26.2 Å². The lowest BCUT2D eigenvalue weighted by atomic mass is 9.94. The summed E-state index contributed by atoms with van der Waals surface area (Å²) in [4.78, 5) is 0. The van der Waals surface area contributed by atoms with Crippen molar-refractivity contribution in [1.29, 1.82) is 0 Å². The highest BCUT2D eigenvalue weighted by Gasteiger charge is 2.12. The molecule has 0 fully saturated rings. The lowest BCUT2D eigenvalue weighted by Crippen LogP contribution is -2.23. The van der Waals surface area contributed by atoms with E-state index in [0.717, 1.165) is 39.3 Å². The molecular formula is C35H49N3. The summed E-state index contributed by atoms with van der Waals surface area (Å²) in [6, 6.07) is 20.7. The minimum Gasteiger partial charge on any atom is -0.312 e. The lowest BCUT2D eigenvalue weighted by Gasteiger charge is -2.18. The van der Waals surface area contributed by atoms with E-state index in [0.29, 0.717) is 17.8 Å². The van der Waals surface area contributed by atoms with E-state index in [1.54, 1.807) is 5.56 Å². The Labute approximate surface area is 231 Å². The van der Waals surface area contributed by atoms with Gasteiger partial charge in [0.05, 0.1) is 0 Å². The van der Waals surface area contributed by atoms with E-state index in [1.165, 1.54) is 57.3 Å². The van der Waals surface area contributed by atoms with Crippen LogP contribution in [-0.4, -0.2) is 13.1 Å². The second kappa shape index (κ2) is 13.6. The number of benzene rings is 3. The Morgan fingerprint density at radius 2 is 0.789 bits per heavy atom. The molecule has 0 spiro atoms. The number of rotatable bonds is 3. The fourth-order valence-electron chi connectivity index (χ4n) is 5.39. The number of fused-ring (bicyclic) bond motifs is 3. The van der Waals surface area contributed by atoms with Crippen LogP contribution in [0, 0.1) is 0 Å². The molecule has 0 atom stereocenters. The van der Waals surface area contributed by atoms with Crippen LogP contribution in [0.25, 0.3) is 0 Å². The van der Waals surface area contributed by atoms with Gasteiger partial charge in [0.15, 0.2) is 0 Å².